The quantitative estimate of drug-likeness (QED) is 0.649. The Morgan fingerprint density at radius 3 is 2.56 bits per heavy atom. The number of hydrogen-bond acceptors (Lipinski definition) is 6. The molecular weight excluding hydrogens is 410 g/mol. The van der Waals surface area contributed by atoms with Crippen LogP contribution in [0, 0.1) is 5.92 Å². The van der Waals surface area contributed by atoms with Crippen molar-refractivity contribution in [3.63, 3.8) is 0 Å². The van der Waals surface area contributed by atoms with Gasteiger partial charge in [-0.3, -0.25) is 9.59 Å². The first kappa shape index (κ1) is 24.0. The summed E-state index contributed by atoms with van der Waals surface area (Å²) in [7, 11) is 3.47. The van der Waals surface area contributed by atoms with Crippen LogP contribution < -0.4 is 5.32 Å². The summed E-state index contributed by atoms with van der Waals surface area (Å²) in [5, 5.41) is 2.69. The minimum absolute atomic E-state index is 0.148. The Morgan fingerprint density at radius 1 is 1.19 bits per heavy atom. The second-order valence-corrected chi connectivity index (χ2v) is 9.00. The number of ether oxygens (including phenoxy) is 2. The van der Waals surface area contributed by atoms with E-state index in [1.165, 1.54) is 7.11 Å². The maximum absolute atomic E-state index is 13.1. The van der Waals surface area contributed by atoms with Crippen LogP contribution in [-0.4, -0.2) is 72.6 Å². The van der Waals surface area contributed by atoms with Gasteiger partial charge in [0, 0.05) is 24.7 Å². The van der Waals surface area contributed by atoms with E-state index in [-0.39, 0.29) is 36.5 Å². The lowest BCUT2D eigenvalue weighted by Gasteiger charge is -2.43. The molecule has 0 bridgehead atoms. The highest BCUT2D eigenvalue weighted by Gasteiger charge is 2.45. The van der Waals surface area contributed by atoms with Crippen LogP contribution in [0.15, 0.2) is 30.3 Å². The zero-order chi connectivity index (χ0) is 23.3. The van der Waals surface area contributed by atoms with Crippen LogP contribution in [-0.2, 0) is 25.7 Å². The van der Waals surface area contributed by atoms with Crippen molar-refractivity contribution < 1.29 is 23.9 Å². The van der Waals surface area contributed by atoms with Crippen LogP contribution >= 0.6 is 0 Å². The van der Waals surface area contributed by atoms with Gasteiger partial charge in [-0.15, -0.1) is 0 Å². The number of carbonyl (C=O) groups excluding carboxylic acids is 3. The molecule has 1 saturated carbocycles. The maximum Gasteiger partial charge on any atom is 0.408 e. The second kappa shape index (κ2) is 10.8. The monoisotopic (exact) mass is 445 g/mol. The van der Waals surface area contributed by atoms with Gasteiger partial charge < -0.3 is 24.6 Å². The molecule has 1 saturated heterocycles. The molecule has 2 amide bonds. The molecule has 1 aromatic rings. The number of benzene rings is 1. The third kappa shape index (κ3) is 5.59. The van der Waals surface area contributed by atoms with Crippen LogP contribution in [0.25, 0.3) is 0 Å². The van der Waals surface area contributed by atoms with Gasteiger partial charge in [-0.25, -0.2) is 4.79 Å². The number of carbonyl (C=O) groups is 3. The first-order valence-corrected chi connectivity index (χ1v) is 11.4. The Hall–Kier alpha value is -2.61. The summed E-state index contributed by atoms with van der Waals surface area (Å²) in [6, 6.07) is 9.19. The highest BCUT2D eigenvalue weighted by Crippen LogP contribution is 2.34. The molecule has 8 nitrogen and oxygen atoms in total. The number of likely N-dealkylation sites (tertiary alicyclic amines) is 1. The molecule has 1 heterocycles. The van der Waals surface area contributed by atoms with Gasteiger partial charge in [-0.2, -0.15) is 0 Å². The van der Waals surface area contributed by atoms with E-state index in [9.17, 15) is 14.4 Å². The fourth-order valence-corrected chi connectivity index (χ4v) is 4.77. The highest BCUT2D eigenvalue weighted by atomic mass is 16.5. The molecule has 0 radical (unpaired) electrons. The number of alkyl carbamates (subject to hydrolysis) is 1. The Bertz CT molecular complexity index is 800. The molecule has 2 fully saturated rings. The number of nitrogens with one attached hydrogen (secondary N) is 1. The SMILES string of the molecule is COC(=O)[C@@H]1C[C@H](N(C)C(C)C)CC[C@@H]1N1CCC(NC(=O)OCc2ccccc2)C1=O. The smallest absolute Gasteiger partial charge is 0.408 e. The van der Waals surface area contributed by atoms with Crippen molar-refractivity contribution in [2.24, 2.45) is 5.92 Å². The van der Waals surface area contributed by atoms with E-state index in [4.69, 9.17) is 9.47 Å². The normalized spacial score (nSPS) is 25.8. The van der Waals surface area contributed by atoms with Crippen molar-refractivity contribution in [3.05, 3.63) is 35.9 Å². The van der Waals surface area contributed by atoms with Crippen LogP contribution in [0.3, 0.4) is 0 Å². The molecule has 1 N–H and O–H groups in total. The van der Waals surface area contributed by atoms with E-state index < -0.39 is 12.1 Å². The minimum Gasteiger partial charge on any atom is -0.469 e. The molecule has 3 rings (SSSR count). The molecule has 1 aliphatic heterocycles. The summed E-state index contributed by atoms with van der Waals surface area (Å²) < 4.78 is 10.3. The molecule has 8 heteroatoms. The number of nitrogens with zero attached hydrogens (tertiary/aromatic N) is 2. The minimum atomic E-state index is -0.632. The highest BCUT2D eigenvalue weighted by molar-refractivity contribution is 5.88. The Labute approximate surface area is 190 Å². The fourth-order valence-electron chi connectivity index (χ4n) is 4.77. The molecule has 0 aromatic heterocycles. The Balaban J connectivity index is 1.59. The summed E-state index contributed by atoms with van der Waals surface area (Å²) in [5.41, 5.74) is 0.881. The number of methoxy groups -OCH3 is 1. The topological polar surface area (TPSA) is 88.2 Å². The van der Waals surface area contributed by atoms with Crippen LogP contribution in [0.5, 0.6) is 0 Å². The maximum atomic E-state index is 13.1. The van der Waals surface area contributed by atoms with Crippen molar-refractivity contribution in [3.8, 4) is 0 Å². The molecule has 2 aliphatic rings. The van der Waals surface area contributed by atoms with Crippen molar-refractivity contribution in [2.45, 2.75) is 70.3 Å². The summed E-state index contributed by atoms with van der Waals surface area (Å²) in [6.45, 7) is 4.92. The van der Waals surface area contributed by atoms with Gasteiger partial charge in [-0.1, -0.05) is 30.3 Å². The predicted molar refractivity (Wildman–Crippen MR) is 120 cm³/mol. The van der Waals surface area contributed by atoms with Crippen LogP contribution in [0.4, 0.5) is 4.79 Å². The lowest BCUT2D eigenvalue weighted by molar-refractivity contribution is -0.152. The predicted octanol–water partition coefficient (Wildman–Crippen LogP) is 2.56. The third-order valence-corrected chi connectivity index (χ3v) is 6.83. The van der Waals surface area contributed by atoms with Crippen LogP contribution in [0.2, 0.25) is 0 Å². The van der Waals surface area contributed by atoms with E-state index in [0.29, 0.717) is 25.4 Å². The van der Waals surface area contributed by atoms with E-state index in [0.717, 1.165) is 18.4 Å². The van der Waals surface area contributed by atoms with Gasteiger partial charge >= 0.3 is 12.1 Å². The largest absolute Gasteiger partial charge is 0.469 e. The standard InChI is InChI=1S/C24H35N3O5/c1-16(2)26(3)18-10-11-21(19(14-18)23(29)31-4)27-13-12-20(22(27)28)25-24(30)32-15-17-8-6-5-7-9-17/h5-9,16,18-21H,10-15H2,1-4H3,(H,25,30)/t18-,19-,20?,21+/m1/s1. The molecule has 176 valence electrons. The summed E-state index contributed by atoms with van der Waals surface area (Å²) in [5.74, 6) is -0.799. The molecular formula is C24H35N3O5. The first-order valence-electron chi connectivity index (χ1n) is 11.4. The molecule has 4 atom stereocenters. The van der Waals surface area contributed by atoms with Gasteiger partial charge in [0.25, 0.3) is 0 Å². The third-order valence-electron chi connectivity index (χ3n) is 6.83. The van der Waals surface area contributed by atoms with E-state index in [2.05, 4.69) is 31.1 Å². The van der Waals surface area contributed by atoms with Gasteiger partial charge in [0.2, 0.25) is 5.91 Å². The Morgan fingerprint density at radius 2 is 1.91 bits per heavy atom. The molecule has 1 aliphatic carbocycles. The number of rotatable bonds is 7. The van der Waals surface area contributed by atoms with Gasteiger partial charge in [0.05, 0.1) is 13.0 Å². The average molecular weight is 446 g/mol. The first-order chi connectivity index (χ1) is 15.3. The molecule has 0 spiro atoms. The van der Waals surface area contributed by atoms with Crippen molar-refractivity contribution in [1.29, 1.82) is 0 Å². The van der Waals surface area contributed by atoms with E-state index in [1.54, 1.807) is 4.90 Å². The van der Waals surface area contributed by atoms with E-state index >= 15 is 0 Å². The fraction of sp³-hybridized carbons (Fsp3) is 0.625. The Kier molecular flexibility index (Phi) is 8.12. The average Bonchev–Trinajstić information content (AvgIpc) is 3.16. The van der Waals surface area contributed by atoms with Crippen molar-refractivity contribution in [1.82, 2.24) is 15.1 Å². The molecule has 1 unspecified atom stereocenters. The summed E-state index contributed by atoms with van der Waals surface area (Å²) in [6.07, 6.45) is 2.19. The lowest BCUT2D eigenvalue weighted by atomic mass is 9.80. The van der Waals surface area contributed by atoms with Gasteiger partial charge in [0.1, 0.15) is 12.6 Å². The summed E-state index contributed by atoms with van der Waals surface area (Å²) >= 11 is 0. The van der Waals surface area contributed by atoms with Crippen LogP contribution in [0.1, 0.15) is 45.1 Å². The van der Waals surface area contributed by atoms with Crippen molar-refractivity contribution in [2.75, 3.05) is 20.7 Å². The zero-order valence-electron chi connectivity index (χ0n) is 19.5. The van der Waals surface area contributed by atoms with Crippen molar-refractivity contribution >= 4 is 18.0 Å². The second-order valence-electron chi connectivity index (χ2n) is 9.00. The zero-order valence-corrected chi connectivity index (χ0v) is 19.5. The van der Waals surface area contributed by atoms with E-state index in [1.807, 2.05) is 30.3 Å². The van der Waals surface area contributed by atoms with Gasteiger partial charge in [0.15, 0.2) is 0 Å². The van der Waals surface area contributed by atoms with Gasteiger partial charge in [-0.05, 0) is 52.1 Å². The molecule has 32 heavy (non-hydrogen) atoms. The molecule has 1 aromatic carbocycles. The number of amides is 2. The summed E-state index contributed by atoms with van der Waals surface area (Å²) in [4.78, 5) is 41.9. The number of esters is 1. The number of hydrogen-bond donors (Lipinski definition) is 1. The lowest BCUT2D eigenvalue weighted by Crippen LogP contribution is -2.53.